The standard InChI is InChI=1S/C12H22N2O/c1-14(11-5-3-2-4-6-11)9-12(15)13-10-7-8-10/h10-11H,2-9H2,1H3,(H,13,15). The topological polar surface area (TPSA) is 32.3 Å². The SMILES string of the molecule is CN(CC(=O)NC1CC1)C1CCCCC1. The van der Waals surface area contributed by atoms with Gasteiger partial charge in [-0.15, -0.1) is 0 Å². The van der Waals surface area contributed by atoms with E-state index in [1.807, 2.05) is 0 Å². The predicted molar refractivity (Wildman–Crippen MR) is 60.7 cm³/mol. The molecule has 2 rings (SSSR count). The molecule has 0 spiro atoms. The molecule has 0 unspecified atom stereocenters. The van der Waals surface area contributed by atoms with Gasteiger partial charge in [-0.25, -0.2) is 0 Å². The number of nitrogens with one attached hydrogen (secondary N) is 1. The predicted octanol–water partition coefficient (Wildman–Crippen LogP) is 1.53. The highest BCUT2D eigenvalue weighted by Crippen LogP contribution is 2.22. The fourth-order valence-corrected chi connectivity index (χ4v) is 2.38. The molecule has 0 aromatic heterocycles. The number of amides is 1. The summed E-state index contributed by atoms with van der Waals surface area (Å²) in [4.78, 5) is 13.8. The van der Waals surface area contributed by atoms with Gasteiger partial charge >= 0.3 is 0 Å². The second kappa shape index (κ2) is 4.97. The lowest BCUT2D eigenvalue weighted by molar-refractivity contribution is -0.122. The van der Waals surface area contributed by atoms with Gasteiger partial charge in [0.05, 0.1) is 6.54 Å². The molecule has 86 valence electrons. The van der Waals surface area contributed by atoms with Crippen LogP contribution in [0, 0.1) is 0 Å². The largest absolute Gasteiger partial charge is 0.352 e. The van der Waals surface area contributed by atoms with E-state index >= 15 is 0 Å². The van der Waals surface area contributed by atoms with Crippen LogP contribution in [-0.4, -0.2) is 36.5 Å². The fourth-order valence-electron chi connectivity index (χ4n) is 2.38. The zero-order chi connectivity index (χ0) is 10.7. The summed E-state index contributed by atoms with van der Waals surface area (Å²) in [6, 6.07) is 1.14. The Balaban J connectivity index is 1.69. The van der Waals surface area contributed by atoms with Gasteiger partial charge in [-0.3, -0.25) is 9.69 Å². The van der Waals surface area contributed by atoms with Crippen molar-refractivity contribution in [2.45, 2.75) is 57.0 Å². The first kappa shape index (κ1) is 10.9. The highest BCUT2D eigenvalue weighted by atomic mass is 16.2. The van der Waals surface area contributed by atoms with E-state index in [4.69, 9.17) is 0 Å². The fraction of sp³-hybridized carbons (Fsp3) is 0.917. The summed E-state index contributed by atoms with van der Waals surface area (Å²) in [5.41, 5.74) is 0. The summed E-state index contributed by atoms with van der Waals surface area (Å²) in [7, 11) is 2.09. The van der Waals surface area contributed by atoms with Gasteiger partial charge in [-0.05, 0) is 32.7 Å². The molecular formula is C12H22N2O. The van der Waals surface area contributed by atoms with Gasteiger partial charge < -0.3 is 5.32 Å². The maximum absolute atomic E-state index is 11.6. The molecule has 2 aliphatic carbocycles. The van der Waals surface area contributed by atoms with Crippen molar-refractivity contribution in [3.63, 3.8) is 0 Å². The van der Waals surface area contributed by atoms with Crippen LogP contribution in [0.5, 0.6) is 0 Å². The molecule has 0 heterocycles. The molecule has 0 aliphatic heterocycles. The first-order chi connectivity index (χ1) is 7.25. The maximum Gasteiger partial charge on any atom is 0.234 e. The Morgan fingerprint density at radius 3 is 2.47 bits per heavy atom. The summed E-state index contributed by atoms with van der Waals surface area (Å²) >= 11 is 0. The van der Waals surface area contributed by atoms with E-state index in [-0.39, 0.29) is 5.91 Å². The Kier molecular flexibility index (Phi) is 3.62. The van der Waals surface area contributed by atoms with Crippen molar-refractivity contribution in [3.8, 4) is 0 Å². The summed E-state index contributed by atoms with van der Waals surface area (Å²) in [6.45, 7) is 0.584. The molecule has 15 heavy (non-hydrogen) atoms. The van der Waals surface area contributed by atoms with E-state index in [2.05, 4.69) is 17.3 Å². The van der Waals surface area contributed by atoms with E-state index in [1.165, 1.54) is 44.9 Å². The Labute approximate surface area is 92.2 Å². The molecule has 3 heteroatoms. The molecule has 0 radical (unpaired) electrons. The molecule has 0 saturated heterocycles. The van der Waals surface area contributed by atoms with Crippen LogP contribution in [0.2, 0.25) is 0 Å². The van der Waals surface area contributed by atoms with Crippen molar-refractivity contribution in [2.24, 2.45) is 0 Å². The highest BCUT2D eigenvalue weighted by Gasteiger charge is 2.25. The van der Waals surface area contributed by atoms with Crippen LogP contribution in [0.15, 0.2) is 0 Å². The molecule has 0 aromatic rings. The molecule has 1 N–H and O–H groups in total. The molecule has 0 aromatic carbocycles. The van der Waals surface area contributed by atoms with E-state index in [0.717, 1.165) is 0 Å². The van der Waals surface area contributed by atoms with Gasteiger partial charge in [0.25, 0.3) is 0 Å². The molecule has 2 saturated carbocycles. The molecule has 3 nitrogen and oxygen atoms in total. The minimum atomic E-state index is 0.213. The van der Waals surface area contributed by atoms with Crippen LogP contribution in [0.3, 0.4) is 0 Å². The Morgan fingerprint density at radius 2 is 1.87 bits per heavy atom. The van der Waals surface area contributed by atoms with Gasteiger partial charge in [0.15, 0.2) is 0 Å². The minimum absolute atomic E-state index is 0.213. The van der Waals surface area contributed by atoms with Crippen LogP contribution in [0.25, 0.3) is 0 Å². The smallest absolute Gasteiger partial charge is 0.234 e. The third-order valence-electron chi connectivity index (χ3n) is 3.53. The number of carbonyl (C=O) groups is 1. The number of likely N-dealkylation sites (N-methyl/N-ethyl adjacent to an activating group) is 1. The van der Waals surface area contributed by atoms with Crippen molar-refractivity contribution < 1.29 is 4.79 Å². The quantitative estimate of drug-likeness (QED) is 0.763. The van der Waals surface area contributed by atoms with Crippen molar-refractivity contribution in [1.29, 1.82) is 0 Å². The third kappa shape index (κ3) is 3.49. The lowest BCUT2D eigenvalue weighted by atomic mass is 9.94. The van der Waals surface area contributed by atoms with E-state index in [9.17, 15) is 4.79 Å². The summed E-state index contributed by atoms with van der Waals surface area (Å²) in [5, 5.41) is 3.04. The average molecular weight is 210 g/mol. The zero-order valence-corrected chi connectivity index (χ0v) is 9.67. The van der Waals surface area contributed by atoms with E-state index in [1.54, 1.807) is 0 Å². The maximum atomic E-state index is 11.6. The first-order valence-electron chi connectivity index (χ1n) is 6.25. The highest BCUT2D eigenvalue weighted by molar-refractivity contribution is 5.78. The van der Waals surface area contributed by atoms with Crippen LogP contribution in [0.1, 0.15) is 44.9 Å². The van der Waals surface area contributed by atoms with Gasteiger partial charge in [-0.1, -0.05) is 19.3 Å². The molecule has 2 aliphatic rings. The average Bonchev–Trinajstić information content (AvgIpc) is 3.03. The lowest BCUT2D eigenvalue weighted by Crippen LogP contribution is -2.41. The molecule has 0 bridgehead atoms. The summed E-state index contributed by atoms with van der Waals surface area (Å²) < 4.78 is 0. The Morgan fingerprint density at radius 1 is 1.20 bits per heavy atom. The normalized spacial score (nSPS) is 23.1. The Hall–Kier alpha value is -0.570. The molecule has 1 amide bonds. The van der Waals surface area contributed by atoms with E-state index in [0.29, 0.717) is 18.6 Å². The van der Waals surface area contributed by atoms with Gasteiger partial charge in [-0.2, -0.15) is 0 Å². The van der Waals surface area contributed by atoms with Crippen molar-refractivity contribution in [2.75, 3.05) is 13.6 Å². The van der Waals surface area contributed by atoms with Crippen LogP contribution in [-0.2, 0) is 4.79 Å². The van der Waals surface area contributed by atoms with Crippen LogP contribution >= 0.6 is 0 Å². The van der Waals surface area contributed by atoms with Crippen molar-refractivity contribution in [1.82, 2.24) is 10.2 Å². The zero-order valence-electron chi connectivity index (χ0n) is 9.67. The second-order valence-electron chi connectivity index (χ2n) is 5.05. The van der Waals surface area contributed by atoms with Gasteiger partial charge in [0.2, 0.25) is 5.91 Å². The first-order valence-corrected chi connectivity index (χ1v) is 6.25. The molecule has 0 atom stereocenters. The number of rotatable bonds is 4. The summed E-state index contributed by atoms with van der Waals surface area (Å²) in [5.74, 6) is 0.213. The third-order valence-corrected chi connectivity index (χ3v) is 3.53. The van der Waals surface area contributed by atoms with Crippen LogP contribution < -0.4 is 5.32 Å². The van der Waals surface area contributed by atoms with Crippen LogP contribution in [0.4, 0.5) is 0 Å². The number of hydrogen-bond acceptors (Lipinski definition) is 2. The lowest BCUT2D eigenvalue weighted by Gasteiger charge is -2.30. The number of hydrogen-bond donors (Lipinski definition) is 1. The second-order valence-corrected chi connectivity index (χ2v) is 5.05. The van der Waals surface area contributed by atoms with Gasteiger partial charge in [0, 0.05) is 12.1 Å². The number of carbonyl (C=O) groups excluding carboxylic acids is 1. The van der Waals surface area contributed by atoms with Gasteiger partial charge in [0.1, 0.15) is 0 Å². The molecular weight excluding hydrogens is 188 g/mol. The monoisotopic (exact) mass is 210 g/mol. The molecule has 2 fully saturated rings. The van der Waals surface area contributed by atoms with Crippen molar-refractivity contribution >= 4 is 5.91 Å². The number of nitrogens with zero attached hydrogens (tertiary/aromatic N) is 1. The summed E-state index contributed by atoms with van der Waals surface area (Å²) in [6.07, 6.45) is 8.94. The Bertz CT molecular complexity index is 220. The minimum Gasteiger partial charge on any atom is -0.352 e. The van der Waals surface area contributed by atoms with E-state index < -0.39 is 0 Å². The van der Waals surface area contributed by atoms with Crippen molar-refractivity contribution in [3.05, 3.63) is 0 Å².